The third-order valence-corrected chi connectivity index (χ3v) is 7.83. The molecule has 0 heterocycles. The molecule has 0 spiro atoms. The van der Waals surface area contributed by atoms with Crippen LogP contribution in [0.15, 0.2) is 0 Å². The van der Waals surface area contributed by atoms with Gasteiger partial charge in [-0.05, 0) is 73.0 Å². The Bertz CT molecular complexity index is 352. The van der Waals surface area contributed by atoms with E-state index in [1.165, 1.54) is 128 Å². The Morgan fingerprint density at radius 2 is 0.250 bits per heavy atom. The summed E-state index contributed by atoms with van der Waals surface area (Å²) < 4.78 is 0. The second-order valence-electron chi connectivity index (χ2n) is 17.8. The van der Waals surface area contributed by atoms with Crippen molar-refractivity contribution in [3.05, 3.63) is 0 Å². The topological polar surface area (TPSA) is 0 Å². The zero-order valence-electron chi connectivity index (χ0n) is 42.8. The summed E-state index contributed by atoms with van der Waals surface area (Å²) in [6.45, 7) is 52.8. The van der Waals surface area contributed by atoms with Crippen LogP contribution in [-0.4, -0.2) is 0 Å². The van der Waals surface area contributed by atoms with Crippen LogP contribution in [0, 0.1) is 47.3 Å². The summed E-state index contributed by atoms with van der Waals surface area (Å²) in [6.07, 6.45) is 27.7. The summed E-state index contributed by atoms with van der Waals surface area (Å²) in [7, 11) is 0. The van der Waals surface area contributed by atoms with Gasteiger partial charge in [-0.25, -0.2) is 0 Å². The van der Waals surface area contributed by atoms with Crippen LogP contribution >= 0.6 is 0 Å². The zero-order valence-corrected chi connectivity index (χ0v) is 42.8. The Hall–Kier alpha value is 0. The van der Waals surface area contributed by atoms with Crippen LogP contribution in [0.5, 0.6) is 0 Å². The van der Waals surface area contributed by atoms with Crippen LogP contribution in [0.3, 0.4) is 0 Å². The van der Waals surface area contributed by atoms with Crippen molar-refractivity contribution in [3.8, 4) is 0 Å². The van der Waals surface area contributed by atoms with E-state index in [1.54, 1.807) is 0 Å². The van der Waals surface area contributed by atoms with Gasteiger partial charge in [0.25, 0.3) is 0 Å². The molecule has 0 heteroatoms. The van der Waals surface area contributed by atoms with E-state index in [4.69, 9.17) is 0 Å². The van der Waals surface area contributed by atoms with E-state index in [2.05, 4.69) is 166 Å². The maximum Gasteiger partial charge on any atom is -0.0440 e. The number of hydrogen-bond donors (Lipinski definition) is 0. The first-order valence-electron chi connectivity index (χ1n) is 24.5. The fourth-order valence-corrected chi connectivity index (χ4v) is 5.97. The first-order valence-corrected chi connectivity index (χ1v) is 24.5. The highest BCUT2D eigenvalue weighted by Crippen LogP contribution is 2.31. The smallest absolute Gasteiger partial charge is 0.0440 e. The van der Waals surface area contributed by atoms with E-state index in [0.717, 1.165) is 47.3 Å². The molecule has 8 atom stereocenters. The molecule has 4 rings (SSSR count). The van der Waals surface area contributed by atoms with Crippen LogP contribution in [0.25, 0.3) is 0 Å². The molecule has 0 nitrogen and oxygen atoms in total. The van der Waals surface area contributed by atoms with Gasteiger partial charge in [0, 0.05) is 0 Å². The molecule has 0 bridgehead atoms. The van der Waals surface area contributed by atoms with Gasteiger partial charge in [-0.3, -0.25) is 0 Å². The Kier molecular flexibility index (Phi) is 88.5. The van der Waals surface area contributed by atoms with Crippen molar-refractivity contribution in [1.82, 2.24) is 0 Å². The first kappa shape index (κ1) is 69.9. The molecule has 328 valence electrons. The predicted molar refractivity (Wildman–Crippen MR) is 256 cm³/mol. The molecular formula is C52H120. The SMILES string of the molecule is CCC.CCC.CCC.CCC.CCC.CCC.CCC.CCC.C[C@@H]1CC[C@@H](C)C1.C[C@@H]1CC[C@H](C)C1.C[C@@H]1CC[C@H](C)C1.C[C@H]1CC[C@H](C)C1. The summed E-state index contributed by atoms with van der Waals surface area (Å²) in [4.78, 5) is 0. The van der Waals surface area contributed by atoms with Gasteiger partial charge in [0.2, 0.25) is 0 Å². The minimum atomic E-state index is 1.02. The Morgan fingerprint density at radius 3 is 0.269 bits per heavy atom. The largest absolute Gasteiger partial charge is 0.0656 e. The van der Waals surface area contributed by atoms with Gasteiger partial charge in [0.1, 0.15) is 0 Å². The lowest BCUT2D eigenvalue weighted by Gasteiger charge is -1.96. The maximum absolute atomic E-state index is 2.35. The van der Waals surface area contributed by atoms with Crippen molar-refractivity contribution >= 4 is 0 Å². The fraction of sp³-hybridized carbons (Fsp3) is 1.00. The quantitative estimate of drug-likeness (QED) is 0.232. The highest BCUT2D eigenvalue weighted by Gasteiger charge is 2.17. The first-order chi connectivity index (χ1) is 24.5. The van der Waals surface area contributed by atoms with Gasteiger partial charge in [-0.15, -0.1) is 0 Å². The van der Waals surface area contributed by atoms with Gasteiger partial charge in [-0.2, -0.15) is 0 Å². The molecule has 4 fully saturated rings. The summed E-state index contributed by atoms with van der Waals surface area (Å²) in [6, 6.07) is 0. The van der Waals surface area contributed by atoms with Gasteiger partial charge < -0.3 is 0 Å². The van der Waals surface area contributed by atoms with E-state index in [-0.39, 0.29) is 0 Å². The minimum Gasteiger partial charge on any atom is -0.0656 e. The summed E-state index contributed by atoms with van der Waals surface area (Å²) in [5, 5.41) is 0. The summed E-state index contributed by atoms with van der Waals surface area (Å²) >= 11 is 0. The molecule has 4 aliphatic carbocycles. The second kappa shape index (κ2) is 65.9. The maximum atomic E-state index is 2.35. The van der Waals surface area contributed by atoms with Crippen LogP contribution in [0.1, 0.15) is 295 Å². The van der Waals surface area contributed by atoms with Crippen LogP contribution < -0.4 is 0 Å². The highest BCUT2D eigenvalue weighted by atomic mass is 14.2. The average Bonchev–Trinajstić information content (AvgIpc) is 3.83. The van der Waals surface area contributed by atoms with Crippen molar-refractivity contribution in [2.75, 3.05) is 0 Å². The number of hydrogen-bond acceptors (Lipinski definition) is 0. The summed E-state index contributed by atoms with van der Waals surface area (Å²) in [5.74, 6) is 8.19. The van der Waals surface area contributed by atoms with Crippen molar-refractivity contribution in [2.24, 2.45) is 47.3 Å². The normalized spacial score (nSPS) is 25.4. The molecule has 0 radical (unpaired) electrons. The van der Waals surface area contributed by atoms with Crippen molar-refractivity contribution < 1.29 is 0 Å². The van der Waals surface area contributed by atoms with Crippen LogP contribution in [0.2, 0.25) is 0 Å². The van der Waals surface area contributed by atoms with E-state index < -0.39 is 0 Å². The molecule has 0 aromatic rings. The zero-order chi connectivity index (χ0) is 42.8. The van der Waals surface area contributed by atoms with Crippen molar-refractivity contribution in [2.45, 2.75) is 295 Å². The third-order valence-electron chi connectivity index (χ3n) is 7.83. The third kappa shape index (κ3) is 92.6. The Balaban J connectivity index is -0.0000000696. The lowest BCUT2D eigenvalue weighted by atomic mass is 10.1. The van der Waals surface area contributed by atoms with E-state index >= 15 is 0 Å². The van der Waals surface area contributed by atoms with E-state index in [9.17, 15) is 0 Å². The highest BCUT2D eigenvalue weighted by molar-refractivity contribution is 4.70. The standard InChI is InChI=1S/4C7H14.8C3H8/c4*1-6-3-4-7(2)5-6;8*1-3-2/h4*6-7H,3-5H2,1-2H3;8*3H2,1-2H3/t2*6-,7+;2*6-,7-;;;;;;;;/m..10......../s1. The molecule has 0 aliphatic heterocycles. The number of rotatable bonds is 0. The molecule has 0 aromatic carbocycles. The molecular weight excluding hydrogens is 625 g/mol. The average molecular weight is 746 g/mol. The van der Waals surface area contributed by atoms with Crippen LogP contribution in [0.4, 0.5) is 0 Å². The van der Waals surface area contributed by atoms with Gasteiger partial charge in [0.15, 0.2) is 0 Å². The molecule has 52 heavy (non-hydrogen) atoms. The lowest BCUT2D eigenvalue weighted by molar-refractivity contribution is 0.555. The Labute approximate surface area is 340 Å². The van der Waals surface area contributed by atoms with E-state index in [1.807, 2.05) is 0 Å². The summed E-state index contributed by atoms with van der Waals surface area (Å²) in [5.41, 5.74) is 0. The van der Waals surface area contributed by atoms with Gasteiger partial charge in [0.05, 0.1) is 0 Å². The van der Waals surface area contributed by atoms with Crippen molar-refractivity contribution in [1.29, 1.82) is 0 Å². The van der Waals surface area contributed by atoms with E-state index in [0.29, 0.717) is 0 Å². The lowest BCUT2D eigenvalue weighted by Crippen LogP contribution is -1.84. The Morgan fingerprint density at radius 1 is 0.192 bits per heavy atom. The molecule has 0 unspecified atom stereocenters. The van der Waals surface area contributed by atoms with Crippen molar-refractivity contribution in [3.63, 3.8) is 0 Å². The molecule has 0 N–H and O–H groups in total. The molecule has 4 aliphatic rings. The molecule has 4 saturated carbocycles. The minimum absolute atomic E-state index is 1.02. The monoisotopic (exact) mass is 745 g/mol. The second-order valence-corrected chi connectivity index (χ2v) is 17.8. The predicted octanol–water partition coefficient (Wildman–Crippen LogP) is 21.1. The fourth-order valence-electron chi connectivity index (χ4n) is 5.97. The van der Waals surface area contributed by atoms with Gasteiger partial charge >= 0.3 is 0 Å². The van der Waals surface area contributed by atoms with Gasteiger partial charge in [-0.1, -0.05) is 269 Å². The molecule has 0 aromatic heterocycles. The molecule has 0 amide bonds. The van der Waals surface area contributed by atoms with Crippen LogP contribution in [-0.2, 0) is 0 Å². The molecule has 0 saturated heterocycles.